The fourth-order valence-electron chi connectivity index (χ4n) is 2.77. The van der Waals surface area contributed by atoms with Crippen molar-refractivity contribution in [1.82, 2.24) is 4.90 Å². The first-order chi connectivity index (χ1) is 10.7. The number of halogens is 1. The van der Waals surface area contributed by atoms with Gasteiger partial charge >= 0.3 is 0 Å². The number of nitrogens with zero attached hydrogens (tertiary/aromatic N) is 1. The number of rotatable bonds is 5. The Kier molecular flexibility index (Phi) is 4.41. The normalized spacial score (nSPS) is 21.9. The molecule has 4 heteroatoms. The van der Waals surface area contributed by atoms with E-state index in [1.165, 1.54) is 0 Å². The van der Waals surface area contributed by atoms with Crippen LogP contribution < -0.4 is 4.74 Å². The highest BCUT2D eigenvalue weighted by Crippen LogP contribution is 2.30. The predicted molar refractivity (Wildman–Crippen MR) is 83.8 cm³/mol. The number of alkyl halides is 1. The van der Waals surface area contributed by atoms with Crippen molar-refractivity contribution in [2.24, 2.45) is 0 Å². The molecule has 1 unspecified atom stereocenters. The summed E-state index contributed by atoms with van der Waals surface area (Å²) in [6.45, 7) is 1.13. The van der Waals surface area contributed by atoms with E-state index in [0.717, 1.165) is 17.1 Å². The minimum absolute atomic E-state index is 0.267. The molecule has 1 aliphatic rings. The summed E-state index contributed by atoms with van der Waals surface area (Å²) in [5.74, 6) is 1.57. The number of hydrogen-bond donors (Lipinski definition) is 1. The Morgan fingerprint density at radius 3 is 2.55 bits per heavy atom. The van der Waals surface area contributed by atoms with E-state index in [0.29, 0.717) is 19.5 Å². The zero-order chi connectivity index (χ0) is 15.4. The topological polar surface area (TPSA) is 32.7 Å². The molecule has 0 aliphatic carbocycles. The first-order valence-electron chi connectivity index (χ1n) is 7.51. The summed E-state index contributed by atoms with van der Waals surface area (Å²) < 4.78 is 20.0. The lowest BCUT2D eigenvalue weighted by Gasteiger charge is -2.20. The monoisotopic (exact) mass is 301 g/mol. The molecule has 1 aliphatic heterocycles. The van der Waals surface area contributed by atoms with E-state index < -0.39 is 12.3 Å². The fourth-order valence-corrected chi connectivity index (χ4v) is 2.77. The van der Waals surface area contributed by atoms with Crippen molar-refractivity contribution in [3.63, 3.8) is 0 Å². The standard InChI is InChI=1S/C18H20FNO2/c19-18(14-21)10-11-20(13-18)12-15-6-4-5-9-17(15)22-16-7-2-1-3-8-16/h1-9,21H,10-14H2. The van der Waals surface area contributed by atoms with Crippen LogP contribution in [0.1, 0.15) is 12.0 Å². The summed E-state index contributed by atoms with van der Waals surface area (Å²) in [5.41, 5.74) is -0.441. The average molecular weight is 301 g/mol. The van der Waals surface area contributed by atoms with Crippen LogP contribution in [0.4, 0.5) is 4.39 Å². The average Bonchev–Trinajstić information content (AvgIpc) is 2.92. The molecule has 1 heterocycles. The van der Waals surface area contributed by atoms with Gasteiger partial charge in [-0.15, -0.1) is 0 Å². The zero-order valence-corrected chi connectivity index (χ0v) is 12.4. The Morgan fingerprint density at radius 1 is 1.09 bits per heavy atom. The Balaban J connectivity index is 1.72. The summed E-state index contributed by atoms with van der Waals surface area (Å²) >= 11 is 0. The van der Waals surface area contributed by atoms with Crippen molar-refractivity contribution < 1.29 is 14.2 Å². The van der Waals surface area contributed by atoms with Crippen molar-refractivity contribution in [3.05, 3.63) is 60.2 Å². The molecule has 1 atom stereocenters. The Hall–Kier alpha value is -1.91. The van der Waals surface area contributed by atoms with Crippen LogP contribution in [0, 0.1) is 0 Å². The van der Waals surface area contributed by atoms with E-state index in [2.05, 4.69) is 0 Å². The Morgan fingerprint density at radius 2 is 1.82 bits per heavy atom. The lowest BCUT2D eigenvalue weighted by molar-refractivity contribution is 0.0768. The molecule has 0 amide bonds. The molecular formula is C18H20FNO2. The van der Waals surface area contributed by atoms with Crippen LogP contribution in [0.3, 0.4) is 0 Å². The van der Waals surface area contributed by atoms with E-state index in [1.54, 1.807) is 0 Å². The van der Waals surface area contributed by atoms with Gasteiger partial charge in [0.1, 0.15) is 17.2 Å². The predicted octanol–water partition coefficient (Wildman–Crippen LogP) is 3.39. The third-order valence-corrected chi connectivity index (χ3v) is 4.00. The number of ether oxygens (including phenoxy) is 1. The van der Waals surface area contributed by atoms with Crippen LogP contribution in [-0.2, 0) is 6.54 Å². The van der Waals surface area contributed by atoms with Gasteiger partial charge in [0.05, 0.1) is 6.61 Å². The molecule has 1 N–H and O–H groups in total. The van der Waals surface area contributed by atoms with Gasteiger partial charge in [0.15, 0.2) is 0 Å². The first-order valence-corrected chi connectivity index (χ1v) is 7.51. The Labute approximate surface area is 130 Å². The minimum Gasteiger partial charge on any atom is -0.457 e. The molecule has 0 aromatic heterocycles. The van der Waals surface area contributed by atoms with Crippen molar-refractivity contribution in [2.45, 2.75) is 18.6 Å². The van der Waals surface area contributed by atoms with Crippen LogP contribution in [-0.4, -0.2) is 35.4 Å². The van der Waals surface area contributed by atoms with E-state index in [9.17, 15) is 4.39 Å². The number of hydrogen-bond acceptors (Lipinski definition) is 3. The molecule has 116 valence electrons. The molecule has 1 fully saturated rings. The number of aliphatic hydroxyl groups excluding tert-OH is 1. The molecule has 0 radical (unpaired) electrons. The third-order valence-electron chi connectivity index (χ3n) is 4.00. The summed E-state index contributed by atoms with van der Waals surface area (Å²) in [5, 5.41) is 9.13. The van der Waals surface area contributed by atoms with Gasteiger partial charge in [0, 0.05) is 25.2 Å². The zero-order valence-electron chi connectivity index (χ0n) is 12.4. The highest BCUT2D eigenvalue weighted by molar-refractivity contribution is 5.37. The maximum absolute atomic E-state index is 14.1. The van der Waals surface area contributed by atoms with E-state index in [-0.39, 0.29) is 6.54 Å². The van der Waals surface area contributed by atoms with E-state index in [4.69, 9.17) is 9.84 Å². The van der Waals surface area contributed by atoms with Crippen LogP contribution >= 0.6 is 0 Å². The van der Waals surface area contributed by atoms with Crippen LogP contribution in [0.25, 0.3) is 0 Å². The molecule has 22 heavy (non-hydrogen) atoms. The van der Waals surface area contributed by atoms with Gasteiger partial charge in [-0.25, -0.2) is 4.39 Å². The summed E-state index contributed by atoms with van der Waals surface area (Å²) in [7, 11) is 0. The summed E-state index contributed by atoms with van der Waals surface area (Å²) in [4.78, 5) is 2.02. The van der Waals surface area contributed by atoms with Gasteiger partial charge in [-0.05, 0) is 24.6 Å². The maximum atomic E-state index is 14.1. The van der Waals surface area contributed by atoms with Crippen LogP contribution in [0.2, 0.25) is 0 Å². The lowest BCUT2D eigenvalue weighted by atomic mass is 10.1. The Bertz CT molecular complexity index is 619. The van der Waals surface area contributed by atoms with Gasteiger partial charge in [-0.2, -0.15) is 0 Å². The van der Waals surface area contributed by atoms with E-state index in [1.807, 2.05) is 59.5 Å². The molecule has 0 spiro atoms. The van der Waals surface area contributed by atoms with Crippen molar-refractivity contribution in [3.8, 4) is 11.5 Å². The quantitative estimate of drug-likeness (QED) is 0.919. The molecule has 3 rings (SSSR count). The molecule has 0 bridgehead atoms. The van der Waals surface area contributed by atoms with Gasteiger partial charge in [-0.3, -0.25) is 4.90 Å². The molecule has 3 nitrogen and oxygen atoms in total. The van der Waals surface area contributed by atoms with Gasteiger partial charge < -0.3 is 9.84 Å². The fraction of sp³-hybridized carbons (Fsp3) is 0.333. The van der Waals surface area contributed by atoms with Crippen molar-refractivity contribution in [1.29, 1.82) is 0 Å². The molecule has 2 aromatic rings. The van der Waals surface area contributed by atoms with Crippen molar-refractivity contribution in [2.75, 3.05) is 19.7 Å². The maximum Gasteiger partial charge on any atom is 0.147 e. The van der Waals surface area contributed by atoms with Crippen LogP contribution in [0.15, 0.2) is 54.6 Å². The number of benzene rings is 2. The lowest BCUT2D eigenvalue weighted by Crippen LogP contribution is -2.32. The molecule has 0 saturated carbocycles. The first kappa shape index (κ1) is 15.0. The van der Waals surface area contributed by atoms with Gasteiger partial charge in [0.25, 0.3) is 0 Å². The molecular weight excluding hydrogens is 281 g/mol. The number of likely N-dealkylation sites (tertiary alicyclic amines) is 1. The number of para-hydroxylation sites is 2. The summed E-state index contributed by atoms with van der Waals surface area (Å²) in [6, 6.07) is 17.4. The largest absolute Gasteiger partial charge is 0.457 e. The second-order valence-corrected chi connectivity index (χ2v) is 5.79. The second-order valence-electron chi connectivity index (χ2n) is 5.79. The van der Waals surface area contributed by atoms with Gasteiger partial charge in [-0.1, -0.05) is 36.4 Å². The second kappa shape index (κ2) is 6.46. The minimum atomic E-state index is -1.46. The van der Waals surface area contributed by atoms with Crippen molar-refractivity contribution >= 4 is 0 Å². The third kappa shape index (κ3) is 3.46. The summed E-state index contributed by atoms with van der Waals surface area (Å²) in [6.07, 6.45) is 0.380. The van der Waals surface area contributed by atoms with E-state index >= 15 is 0 Å². The number of aliphatic hydroxyl groups is 1. The van der Waals surface area contributed by atoms with Gasteiger partial charge in [0.2, 0.25) is 0 Å². The van der Waals surface area contributed by atoms with Crippen LogP contribution in [0.5, 0.6) is 11.5 Å². The highest BCUT2D eigenvalue weighted by atomic mass is 19.1. The highest BCUT2D eigenvalue weighted by Gasteiger charge is 2.37. The molecule has 1 saturated heterocycles. The smallest absolute Gasteiger partial charge is 0.147 e. The molecule has 2 aromatic carbocycles. The SMILES string of the molecule is OCC1(F)CCN(Cc2ccccc2Oc2ccccc2)C1.